The molecule has 1 aliphatic rings. The van der Waals surface area contributed by atoms with Crippen molar-refractivity contribution in [3.63, 3.8) is 0 Å². The Morgan fingerprint density at radius 1 is 1.12 bits per heavy atom. The second kappa shape index (κ2) is 8.18. The van der Waals surface area contributed by atoms with Gasteiger partial charge in [-0.25, -0.2) is 9.67 Å². The lowest BCUT2D eigenvalue weighted by molar-refractivity contribution is -0.122. The molecule has 1 atom stereocenters. The van der Waals surface area contributed by atoms with Crippen molar-refractivity contribution >= 4 is 16.9 Å². The lowest BCUT2D eigenvalue weighted by atomic mass is 10.1. The van der Waals surface area contributed by atoms with Crippen molar-refractivity contribution < 1.29 is 14.3 Å². The van der Waals surface area contributed by atoms with E-state index in [0.717, 1.165) is 11.3 Å². The van der Waals surface area contributed by atoms with E-state index in [1.807, 2.05) is 55.5 Å². The van der Waals surface area contributed by atoms with Crippen LogP contribution in [0.4, 0.5) is 0 Å². The molecule has 1 amide bonds. The Balaban J connectivity index is 1.32. The van der Waals surface area contributed by atoms with Gasteiger partial charge in [0.25, 0.3) is 5.56 Å². The topological polar surface area (TPSA) is 100 Å². The monoisotopic (exact) mass is 431 g/mol. The van der Waals surface area contributed by atoms with E-state index in [2.05, 4.69) is 15.4 Å². The lowest BCUT2D eigenvalue weighted by Gasteiger charge is -2.21. The van der Waals surface area contributed by atoms with Gasteiger partial charge in [0.1, 0.15) is 31.5 Å². The van der Waals surface area contributed by atoms with Gasteiger partial charge in [0.05, 0.1) is 17.9 Å². The summed E-state index contributed by atoms with van der Waals surface area (Å²) in [5.41, 5.74) is 1.81. The number of rotatable bonds is 5. The summed E-state index contributed by atoms with van der Waals surface area (Å²) in [6.45, 7) is 2.75. The molecule has 5 rings (SSSR count). The normalized spacial score (nSPS) is 13.7. The number of benzene rings is 2. The van der Waals surface area contributed by atoms with E-state index in [-0.39, 0.29) is 24.1 Å². The number of nitrogens with zero attached hydrogens (tertiary/aromatic N) is 4. The van der Waals surface area contributed by atoms with Crippen LogP contribution in [0.15, 0.2) is 65.8 Å². The third-order valence-corrected chi connectivity index (χ3v) is 5.31. The van der Waals surface area contributed by atoms with Gasteiger partial charge in [-0.2, -0.15) is 5.10 Å². The number of ether oxygens (including phenoxy) is 2. The van der Waals surface area contributed by atoms with Crippen LogP contribution in [0.5, 0.6) is 11.5 Å². The Morgan fingerprint density at radius 3 is 2.72 bits per heavy atom. The van der Waals surface area contributed by atoms with Crippen molar-refractivity contribution in [2.24, 2.45) is 0 Å². The highest BCUT2D eigenvalue weighted by Crippen LogP contribution is 2.32. The number of aromatic nitrogens is 4. The summed E-state index contributed by atoms with van der Waals surface area (Å²) >= 11 is 0. The average molecular weight is 431 g/mol. The maximum absolute atomic E-state index is 12.9. The predicted molar refractivity (Wildman–Crippen MR) is 117 cm³/mol. The second-order valence-corrected chi connectivity index (χ2v) is 7.50. The first-order valence-electron chi connectivity index (χ1n) is 10.3. The van der Waals surface area contributed by atoms with Crippen LogP contribution >= 0.6 is 0 Å². The molecule has 0 bridgehead atoms. The van der Waals surface area contributed by atoms with Crippen LogP contribution in [0.2, 0.25) is 0 Å². The first kappa shape index (κ1) is 19.8. The van der Waals surface area contributed by atoms with Crippen LogP contribution < -0.4 is 20.3 Å². The van der Waals surface area contributed by atoms with Gasteiger partial charge in [0.2, 0.25) is 5.91 Å². The SMILES string of the molecule is C[C@H](NC(=O)Cn1cnc2c(cnn2-c2ccccc2)c1=O)c1ccc2c(c1)OCCO2. The highest BCUT2D eigenvalue weighted by Gasteiger charge is 2.17. The maximum Gasteiger partial charge on any atom is 0.264 e. The fourth-order valence-corrected chi connectivity index (χ4v) is 3.67. The number of nitrogens with one attached hydrogen (secondary N) is 1. The molecule has 4 aromatic rings. The van der Waals surface area contributed by atoms with Crippen molar-refractivity contribution in [1.29, 1.82) is 0 Å². The molecule has 0 aliphatic carbocycles. The molecule has 0 spiro atoms. The molecule has 1 N–H and O–H groups in total. The molecule has 2 aromatic heterocycles. The van der Waals surface area contributed by atoms with Gasteiger partial charge in [0.15, 0.2) is 17.1 Å². The van der Waals surface area contributed by atoms with Gasteiger partial charge in [0, 0.05) is 0 Å². The molecule has 9 heteroatoms. The summed E-state index contributed by atoms with van der Waals surface area (Å²) < 4.78 is 14.0. The molecule has 2 aromatic carbocycles. The maximum atomic E-state index is 12.9. The summed E-state index contributed by atoms with van der Waals surface area (Å²) in [6, 6.07) is 14.7. The Hall–Kier alpha value is -4.14. The minimum atomic E-state index is -0.320. The summed E-state index contributed by atoms with van der Waals surface area (Å²) in [5, 5.41) is 7.55. The van der Waals surface area contributed by atoms with Crippen LogP contribution in [-0.4, -0.2) is 38.5 Å². The van der Waals surface area contributed by atoms with Crippen molar-refractivity contribution in [1.82, 2.24) is 24.6 Å². The average Bonchev–Trinajstić information content (AvgIpc) is 3.26. The molecule has 32 heavy (non-hydrogen) atoms. The number of carbonyl (C=O) groups excluding carboxylic acids is 1. The third-order valence-electron chi connectivity index (χ3n) is 5.31. The molecule has 9 nitrogen and oxygen atoms in total. The molecule has 0 saturated carbocycles. The van der Waals surface area contributed by atoms with Crippen LogP contribution in [0, 0.1) is 0 Å². The van der Waals surface area contributed by atoms with Crippen molar-refractivity contribution in [3.05, 3.63) is 77.0 Å². The zero-order valence-electron chi connectivity index (χ0n) is 17.4. The molecule has 1 aliphatic heterocycles. The summed E-state index contributed by atoms with van der Waals surface area (Å²) in [6.07, 6.45) is 2.85. The standard InChI is InChI=1S/C23H21N5O4/c1-15(16-7-8-19-20(11-16)32-10-9-31-19)26-21(29)13-27-14-24-22-18(23(27)30)12-25-28(22)17-5-3-2-4-6-17/h2-8,11-12,14-15H,9-10,13H2,1H3,(H,26,29)/t15-/m0/s1. The lowest BCUT2D eigenvalue weighted by Crippen LogP contribution is -2.34. The van der Waals surface area contributed by atoms with Gasteiger partial charge in [-0.1, -0.05) is 24.3 Å². The fraction of sp³-hybridized carbons (Fsp3) is 0.217. The van der Waals surface area contributed by atoms with Gasteiger partial charge >= 0.3 is 0 Å². The Bertz CT molecular complexity index is 1350. The van der Waals surface area contributed by atoms with Crippen LogP contribution in [0.1, 0.15) is 18.5 Å². The Labute approximate surface area is 183 Å². The van der Waals surface area contributed by atoms with Crippen LogP contribution in [0.3, 0.4) is 0 Å². The smallest absolute Gasteiger partial charge is 0.264 e. The van der Waals surface area contributed by atoms with Crippen LogP contribution in [0.25, 0.3) is 16.7 Å². The van der Waals surface area contributed by atoms with Crippen molar-refractivity contribution in [2.75, 3.05) is 13.2 Å². The van der Waals surface area contributed by atoms with E-state index in [1.54, 1.807) is 4.68 Å². The number of hydrogen-bond acceptors (Lipinski definition) is 6. The minimum absolute atomic E-state index is 0.146. The van der Waals surface area contributed by atoms with E-state index in [9.17, 15) is 9.59 Å². The van der Waals surface area contributed by atoms with E-state index in [0.29, 0.717) is 35.7 Å². The molecule has 0 fully saturated rings. The number of para-hydroxylation sites is 1. The Morgan fingerprint density at radius 2 is 1.91 bits per heavy atom. The van der Waals surface area contributed by atoms with Crippen molar-refractivity contribution in [2.45, 2.75) is 19.5 Å². The highest BCUT2D eigenvalue weighted by atomic mass is 16.6. The van der Waals surface area contributed by atoms with Crippen LogP contribution in [-0.2, 0) is 11.3 Å². The Kier molecular flexibility index (Phi) is 5.06. The molecule has 162 valence electrons. The molecule has 3 heterocycles. The number of amides is 1. The number of carbonyl (C=O) groups is 1. The van der Waals surface area contributed by atoms with Gasteiger partial charge in [-0.15, -0.1) is 0 Å². The van der Waals surface area contributed by atoms with E-state index >= 15 is 0 Å². The predicted octanol–water partition coefficient (Wildman–Crippen LogP) is 2.23. The number of fused-ring (bicyclic) bond motifs is 2. The molecular formula is C23H21N5O4. The molecule has 0 unspecified atom stereocenters. The van der Waals surface area contributed by atoms with Gasteiger partial charge in [-0.05, 0) is 36.8 Å². The third kappa shape index (κ3) is 3.68. The van der Waals surface area contributed by atoms with Gasteiger partial charge < -0.3 is 14.8 Å². The number of hydrogen-bond donors (Lipinski definition) is 1. The summed E-state index contributed by atoms with van der Waals surface area (Å²) in [7, 11) is 0. The molecule has 0 radical (unpaired) electrons. The molecular weight excluding hydrogens is 410 g/mol. The first-order valence-corrected chi connectivity index (χ1v) is 10.3. The van der Waals surface area contributed by atoms with E-state index < -0.39 is 0 Å². The first-order chi connectivity index (χ1) is 15.6. The zero-order valence-corrected chi connectivity index (χ0v) is 17.4. The van der Waals surface area contributed by atoms with Crippen molar-refractivity contribution in [3.8, 4) is 17.2 Å². The largest absolute Gasteiger partial charge is 0.486 e. The minimum Gasteiger partial charge on any atom is -0.486 e. The molecule has 0 saturated heterocycles. The van der Waals surface area contributed by atoms with E-state index in [4.69, 9.17) is 9.47 Å². The van der Waals surface area contributed by atoms with Gasteiger partial charge in [-0.3, -0.25) is 14.2 Å². The quantitative estimate of drug-likeness (QED) is 0.520. The zero-order chi connectivity index (χ0) is 22.1. The van der Waals surface area contributed by atoms with E-state index in [1.165, 1.54) is 17.1 Å². The second-order valence-electron chi connectivity index (χ2n) is 7.50. The summed E-state index contributed by atoms with van der Waals surface area (Å²) in [4.78, 5) is 29.9. The summed E-state index contributed by atoms with van der Waals surface area (Å²) in [5.74, 6) is 1.06. The fourth-order valence-electron chi connectivity index (χ4n) is 3.67. The highest BCUT2D eigenvalue weighted by molar-refractivity contribution is 5.78.